The van der Waals surface area contributed by atoms with Crippen LogP contribution < -0.4 is 0 Å². The molecular weight excluding hydrogens is 116 g/mol. The van der Waals surface area contributed by atoms with Gasteiger partial charge in [0.25, 0.3) is 0 Å². The standard InChI is InChI=1S/C7H12S/c1-4-6-7(3)8-5-2/h4,6H,3,5H2,1-2H3. The molecule has 0 spiro atoms. The Morgan fingerprint density at radius 1 is 1.75 bits per heavy atom. The van der Waals surface area contributed by atoms with E-state index in [1.54, 1.807) is 11.8 Å². The van der Waals surface area contributed by atoms with E-state index in [2.05, 4.69) is 13.5 Å². The SMILES string of the molecule is C=C(C=CC)SCC. The van der Waals surface area contributed by atoms with Crippen molar-refractivity contribution in [3.8, 4) is 0 Å². The van der Waals surface area contributed by atoms with E-state index in [4.69, 9.17) is 0 Å². The van der Waals surface area contributed by atoms with Gasteiger partial charge >= 0.3 is 0 Å². The largest absolute Gasteiger partial charge is 0.127 e. The first-order valence-corrected chi connectivity index (χ1v) is 3.74. The van der Waals surface area contributed by atoms with Gasteiger partial charge in [-0.25, -0.2) is 0 Å². The molecule has 0 aliphatic rings. The first-order valence-electron chi connectivity index (χ1n) is 2.75. The second-order valence-corrected chi connectivity index (χ2v) is 2.79. The number of rotatable bonds is 3. The van der Waals surface area contributed by atoms with Crippen molar-refractivity contribution in [1.29, 1.82) is 0 Å². The predicted octanol–water partition coefficient (Wildman–Crippen LogP) is 2.83. The van der Waals surface area contributed by atoms with Crippen LogP contribution in [0.15, 0.2) is 23.6 Å². The van der Waals surface area contributed by atoms with Crippen LogP contribution in [0.25, 0.3) is 0 Å². The highest BCUT2D eigenvalue weighted by atomic mass is 32.2. The maximum Gasteiger partial charge on any atom is -0.000341 e. The van der Waals surface area contributed by atoms with Crippen LogP contribution in [0, 0.1) is 0 Å². The second-order valence-electron chi connectivity index (χ2n) is 1.40. The molecule has 0 atom stereocenters. The molecule has 0 aliphatic heterocycles. The quantitative estimate of drug-likeness (QED) is 0.527. The third kappa shape index (κ3) is 4.00. The lowest BCUT2D eigenvalue weighted by Gasteiger charge is -1.91. The zero-order valence-corrected chi connectivity index (χ0v) is 6.29. The number of hydrogen-bond donors (Lipinski definition) is 0. The first kappa shape index (κ1) is 7.83. The molecule has 0 nitrogen and oxygen atoms in total. The summed E-state index contributed by atoms with van der Waals surface area (Å²) in [6, 6.07) is 0. The minimum absolute atomic E-state index is 1.11. The smallest absolute Gasteiger partial charge is 0.000341 e. The fourth-order valence-corrected chi connectivity index (χ4v) is 1.02. The lowest BCUT2D eigenvalue weighted by atomic mass is 10.5. The van der Waals surface area contributed by atoms with Crippen LogP contribution in [-0.2, 0) is 0 Å². The molecule has 0 heterocycles. The number of allylic oxidation sites excluding steroid dienone is 2. The molecule has 0 saturated carbocycles. The highest BCUT2D eigenvalue weighted by Gasteiger charge is 1.81. The minimum Gasteiger partial charge on any atom is -0.127 e. The molecule has 0 radical (unpaired) electrons. The minimum atomic E-state index is 1.11. The number of thioether (sulfide) groups is 1. The third-order valence-corrected chi connectivity index (χ3v) is 1.48. The molecule has 8 heavy (non-hydrogen) atoms. The zero-order chi connectivity index (χ0) is 6.41. The molecule has 0 fully saturated rings. The molecule has 0 aromatic rings. The van der Waals surface area contributed by atoms with Crippen LogP contribution in [0.1, 0.15) is 13.8 Å². The van der Waals surface area contributed by atoms with E-state index >= 15 is 0 Å². The lowest BCUT2D eigenvalue weighted by molar-refractivity contribution is 1.53. The molecule has 0 amide bonds. The topological polar surface area (TPSA) is 0 Å². The van der Waals surface area contributed by atoms with Gasteiger partial charge in [0.1, 0.15) is 0 Å². The average molecular weight is 128 g/mol. The van der Waals surface area contributed by atoms with Crippen LogP contribution in [0.5, 0.6) is 0 Å². The molecular formula is C7H12S. The molecule has 0 bridgehead atoms. The molecule has 0 saturated heterocycles. The summed E-state index contributed by atoms with van der Waals surface area (Å²) in [6.07, 6.45) is 4.03. The summed E-state index contributed by atoms with van der Waals surface area (Å²) < 4.78 is 0. The molecule has 0 aromatic heterocycles. The van der Waals surface area contributed by atoms with Crippen molar-refractivity contribution in [3.63, 3.8) is 0 Å². The third-order valence-electron chi connectivity index (χ3n) is 0.682. The first-order chi connectivity index (χ1) is 3.81. The zero-order valence-electron chi connectivity index (χ0n) is 5.48. The fourth-order valence-electron chi connectivity index (χ4n) is 0.419. The van der Waals surface area contributed by atoms with E-state index in [-0.39, 0.29) is 0 Å². The van der Waals surface area contributed by atoms with Crippen LogP contribution in [0.4, 0.5) is 0 Å². The van der Waals surface area contributed by atoms with E-state index in [0.29, 0.717) is 0 Å². The van der Waals surface area contributed by atoms with Crippen LogP contribution in [0.3, 0.4) is 0 Å². The van der Waals surface area contributed by atoms with Gasteiger partial charge in [0.05, 0.1) is 0 Å². The van der Waals surface area contributed by atoms with Gasteiger partial charge in [-0.3, -0.25) is 0 Å². The molecule has 1 heteroatoms. The van der Waals surface area contributed by atoms with Crippen LogP contribution in [-0.4, -0.2) is 5.75 Å². The van der Waals surface area contributed by atoms with E-state index in [1.807, 2.05) is 19.1 Å². The molecule has 0 unspecified atom stereocenters. The van der Waals surface area contributed by atoms with Crippen molar-refractivity contribution in [3.05, 3.63) is 23.6 Å². The van der Waals surface area contributed by atoms with Crippen molar-refractivity contribution in [2.24, 2.45) is 0 Å². The van der Waals surface area contributed by atoms with Gasteiger partial charge in [0, 0.05) is 0 Å². The summed E-state index contributed by atoms with van der Waals surface area (Å²) in [5, 5.41) is 0. The summed E-state index contributed by atoms with van der Waals surface area (Å²) in [5.41, 5.74) is 0. The molecule has 0 rings (SSSR count). The predicted molar refractivity (Wildman–Crippen MR) is 42.1 cm³/mol. The van der Waals surface area contributed by atoms with Crippen molar-refractivity contribution in [2.45, 2.75) is 13.8 Å². The van der Waals surface area contributed by atoms with Crippen LogP contribution in [0.2, 0.25) is 0 Å². The Labute approximate surface area is 55.7 Å². The van der Waals surface area contributed by atoms with Gasteiger partial charge in [-0.1, -0.05) is 25.7 Å². The van der Waals surface area contributed by atoms with Gasteiger partial charge in [0.15, 0.2) is 0 Å². The van der Waals surface area contributed by atoms with E-state index < -0.39 is 0 Å². The Morgan fingerprint density at radius 2 is 2.38 bits per heavy atom. The normalized spacial score (nSPS) is 10.2. The van der Waals surface area contributed by atoms with Gasteiger partial charge in [-0.2, -0.15) is 0 Å². The Morgan fingerprint density at radius 3 is 2.75 bits per heavy atom. The summed E-state index contributed by atoms with van der Waals surface area (Å²) in [4.78, 5) is 1.15. The van der Waals surface area contributed by atoms with E-state index in [1.165, 1.54) is 0 Å². The number of hydrogen-bond acceptors (Lipinski definition) is 1. The summed E-state index contributed by atoms with van der Waals surface area (Å²) in [5.74, 6) is 1.11. The average Bonchev–Trinajstić information content (AvgIpc) is 1.68. The van der Waals surface area contributed by atoms with E-state index in [0.717, 1.165) is 10.7 Å². The van der Waals surface area contributed by atoms with E-state index in [9.17, 15) is 0 Å². The summed E-state index contributed by atoms with van der Waals surface area (Å²) in [7, 11) is 0. The highest BCUT2D eigenvalue weighted by molar-refractivity contribution is 8.03. The van der Waals surface area contributed by atoms with Gasteiger partial charge < -0.3 is 0 Å². The summed E-state index contributed by atoms with van der Waals surface area (Å²) in [6.45, 7) is 7.94. The van der Waals surface area contributed by atoms with Gasteiger partial charge in [0.2, 0.25) is 0 Å². The van der Waals surface area contributed by atoms with Crippen molar-refractivity contribution >= 4 is 11.8 Å². The maximum atomic E-state index is 3.81. The molecule has 46 valence electrons. The Kier molecular flexibility index (Phi) is 4.87. The maximum absolute atomic E-state index is 3.81. The fraction of sp³-hybridized carbons (Fsp3) is 0.429. The van der Waals surface area contributed by atoms with Gasteiger partial charge in [-0.05, 0) is 17.6 Å². The molecule has 0 N–H and O–H groups in total. The van der Waals surface area contributed by atoms with Crippen molar-refractivity contribution in [2.75, 3.05) is 5.75 Å². The molecule has 0 aliphatic carbocycles. The lowest BCUT2D eigenvalue weighted by Crippen LogP contribution is -1.66. The monoisotopic (exact) mass is 128 g/mol. The van der Waals surface area contributed by atoms with Crippen molar-refractivity contribution in [1.82, 2.24) is 0 Å². The Bertz CT molecular complexity index is 92.6. The van der Waals surface area contributed by atoms with Gasteiger partial charge in [-0.15, -0.1) is 11.8 Å². The van der Waals surface area contributed by atoms with Crippen molar-refractivity contribution < 1.29 is 0 Å². The summed E-state index contributed by atoms with van der Waals surface area (Å²) >= 11 is 1.77. The second kappa shape index (κ2) is 4.98. The Balaban J connectivity index is 3.33. The highest BCUT2D eigenvalue weighted by Crippen LogP contribution is 2.12. The van der Waals surface area contributed by atoms with Crippen LogP contribution >= 0.6 is 11.8 Å². The Hall–Kier alpha value is -0.170. The molecule has 0 aromatic carbocycles.